The minimum absolute atomic E-state index is 0.295. The lowest BCUT2D eigenvalue weighted by Gasteiger charge is -2.40. The van der Waals surface area contributed by atoms with E-state index < -0.39 is 0 Å². The maximum Gasteiger partial charge on any atom is 0.0521 e. The van der Waals surface area contributed by atoms with Crippen molar-refractivity contribution >= 4 is 22.7 Å². The van der Waals surface area contributed by atoms with E-state index in [0.29, 0.717) is 18.6 Å². The highest BCUT2D eigenvalue weighted by molar-refractivity contribution is 7.99. The smallest absolute Gasteiger partial charge is 0.0521 e. The third kappa shape index (κ3) is 2.39. The molecule has 0 radical (unpaired) electrons. The van der Waals surface area contributed by atoms with E-state index >= 15 is 0 Å². The van der Waals surface area contributed by atoms with Crippen LogP contribution in [0.15, 0.2) is 24.4 Å². The predicted octanol–water partition coefficient (Wildman–Crippen LogP) is 2.51. The summed E-state index contributed by atoms with van der Waals surface area (Å²) in [7, 11) is 0. The van der Waals surface area contributed by atoms with Crippen LogP contribution in [0.2, 0.25) is 0 Å². The monoisotopic (exact) mass is 302 g/mol. The van der Waals surface area contributed by atoms with Crippen LogP contribution in [-0.4, -0.2) is 40.8 Å². The molecule has 1 aliphatic heterocycles. The highest BCUT2D eigenvalue weighted by Gasteiger charge is 2.35. The number of benzene rings is 1. The van der Waals surface area contributed by atoms with Gasteiger partial charge in [0.2, 0.25) is 0 Å². The lowest BCUT2D eigenvalue weighted by Crippen LogP contribution is -2.47. The third-order valence-corrected chi connectivity index (χ3v) is 6.17. The third-order valence-electron chi connectivity index (χ3n) is 4.99. The van der Waals surface area contributed by atoms with Gasteiger partial charge in [-0.2, -0.15) is 11.8 Å². The van der Waals surface area contributed by atoms with E-state index in [0.717, 1.165) is 30.4 Å². The Balaban J connectivity index is 1.59. The Hall–Kier alpha value is -0.970. The number of thioether (sulfide) groups is 1. The first-order valence-corrected chi connectivity index (χ1v) is 9.03. The first kappa shape index (κ1) is 13.7. The normalized spacial score (nSPS) is 27.8. The second-order valence-corrected chi connectivity index (χ2v) is 7.46. The molecule has 1 fully saturated rings. The van der Waals surface area contributed by atoms with Crippen LogP contribution in [0.4, 0.5) is 0 Å². The molecule has 3 atom stereocenters. The highest BCUT2D eigenvalue weighted by atomic mass is 32.2. The Kier molecular flexibility index (Phi) is 3.69. The summed E-state index contributed by atoms with van der Waals surface area (Å²) in [5, 5.41) is 14.2. The summed E-state index contributed by atoms with van der Waals surface area (Å²) in [6.45, 7) is 1.41. The van der Waals surface area contributed by atoms with Gasteiger partial charge in [-0.25, -0.2) is 0 Å². The molecule has 4 heteroatoms. The maximum atomic E-state index is 8.93. The number of aliphatic hydroxyl groups is 1. The molecule has 4 rings (SSSR count). The SMILES string of the molecule is OCCSC[C@H]1CNC2Cc3c[nH]c4cccc(c34)[C@H]2C1. The number of piperidine rings is 1. The van der Waals surface area contributed by atoms with Gasteiger partial charge in [-0.1, -0.05) is 12.1 Å². The first-order valence-electron chi connectivity index (χ1n) is 7.87. The standard InChI is InChI=1S/C17H22N2OS/c20-4-5-21-10-11-6-14-13-2-1-3-15-17(13)12(9-19-15)7-16(14)18-8-11/h1-3,9,11,14,16,18-20H,4-8,10H2/t11-,14-,16?/m1/s1. The summed E-state index contributed by atoms with van der Waals surface area (Å²) in [5.41, 5.74) is 4.30. The van der Waals surface area contributed by atoms with Gasteiger partial charge in [0.1, 0.15) is 0 Å². The van der Waals surface area contributed by atoms with E-state index in [1.54, 1.807) is 0 Å². The zero-order valence-electron chi connectivity index (χ0n) is 12.1. The molecule has 1 aromatic heterocycles. The van der Waals surface area contributed by atoms with Crippen molar-refractivity contribution in [2.75, 3.05) is 24.7 Å². The van der Waals surface area contributed by atoms with Crippen LogP contribution in [0.25, 0.3) is 10.9 Å². The molecule has 0 amide bonds. The Morgan fingerprint density at radius 1 is 1.33 bits per heavy atom. The molecule has 0 saturated carbocycles. The number of hydrogen-bond acceptors (Lipinski definition) is 3. The minimum Gasteiger partial charge on any atom is -0.396 e. The Bertz CT molecular complexity index is 639. The molecular weight excluding hydrogens is 280 g/mol. The van der Waals surface area contributed by atoms with Crippen molar-refractivity contribution in [3.63, 3.8) is 0 Å². The molecule has 0 spiro atoms. The van der Waals surface area contributed by atoms with Crippen molar-refractivity contribution < 1.29 is 5.11 Å². The Morgan fingerprint density at radius 3 is 3.19 bits per heavy atom. The Morgan fingerprint density at radius 2 is 2.29 bits per heavy atom. The number of aliphatic hydroxyl groups excluding tert-OH is 1. The number of aromatic nitrogens is 1. The predicted molar refractivity (Wildman–Crippen MR) is 89.1 cm³/mol. The highest BCUT2D eigenvalue weighted by Crippen LogP contribution is 2.42. The summed E-state index contributed by atoms with van der Waals surface area (Å²) < 4.78 is 0. The van der Waals surface area contributed by atoms with Crippen LogP contribution in [-0.2, 0) is 6.42 Å². The first-order chi connectivity index (χ1) is 10.4. The van der Waals surface area contributed by atoms with Crippen LogP contribution in [0, 0.1) is 5.92 Å². The molecule has 2 aromatic rings. The molecule has 1 aliphatic carbocycles. The second-order valence-electron chi connectivity index (χ2n) is 6.31. The van der Waals surface area contributed by atoms with E-state index in [1.807, 2.05) is 11.8 Å². The topological polar surface area (TPSA) is 48.0 Å². The lowest BCUT2D eigenvalue weighted by molar-refractivity contribution is 0.285. The maximum absolute atomic E-state index is 8.93. The van der Waals surface area contributed by atoms with Gasteiger partial charge in [0, 0.05) is 34.8 Å². The van der Waals surface area contributed by atoms with Crippen molar-refractivity contribution in [3.8, 4) is 0 Å². The van der Waals surface area contributed by atoms with E-state index in [2.05, 4.69) is 34.7 Å². The largest absolute Gasteiger partial charge is 0.396 e. The summed E-state index contributed by atoms with van der Waals surface area (Å²) in [6, 6.07) is 7.29. The van der Waals surface area contributed by atoms with Gasteiger partial charge < -0.3 is 15.4 Å². The van der Waals surface area contributed by atoms with Crippen LogP contribution < -0.4 is 5.32 Å². The molecule has 2 aliphatic rings. The Labute approximate surface area is 129 Å². The van der Waals surface area contributed by atoms with Gasteiger partial charge >= 0.3 is 0 Å². The van der Waals surface area contributed by atoms with Crippen molar-refractivity contribution in [1.29, 1.82) is 0 Å². The number of fused-ring (bicyclic) bond motifs is 2. The second kappa shape index (κ2) is 5.67. The summed E-state index contributed by atoms with van der Waals surface area (Å²) in [5.74, 6) is 3.39. The van der Waals surface area contributed by atoms with Gasteiger partial charge in [-0.05, 0) is 48.3 Å². The van der Waals surface area contributed by atoms with Gasteiger partial charge in [-0.3, -0.25) is 0 Å². The van der Waals surface area contributed by atoms with E-state index in [9.17, 15) is 0 Å². The minimum atomic E-state index is 0.295. The van der Waals surface area contributed by atoms with Crippen LogP contribution in [0.1, 0.15) is 23.5 Å². The molecule has 112 valence electrons. The average molecular weight is 302 g/mol. The van der Waals surface area contributed by atoms with E-state index in [4.69, 9.17) is 5.11 Å². The zero-order valence-corrected chi connectivity index (χ0v) is 13.0. The van der Waals surface area contributed by atoms with E-state index in [1.165, 1.54) is 28.5 Å². The van der Waals surface area contributed by atoms with Gasteiger partial charge in [0.15, 0.2) is 0 Å². The molecule has 21 heavy (non-hydrogen) atoms. The fourth-order valence-corrected chi connectivity index (χ4v) is 4.94. The van der Waals surface area contributed by atoms with Crippen LogP contribution >= 0.6 is 11.8 Å². The van der Waals surface area contributed by atoms with Gasteiger partial charge in [0.05, 0.1) is 6.61 Å². The van der Waals surface area contributed by atoms with Crippen LogP contribution in [0.3, 0.4) is 0 Å². The number of hydrogen-bond donors (Lipinski definition) is 3. The fourth-order valence-electron chi connectivity index (χ4n) is 4.06. The van der Waals surface area contributed by atoms with Crippen molar-refractivity contribution in [3.05, 3.63) is 35.5 Å². The quantitative estimate of drug-likeness (QED) is 0.761. The van der Waals surface area contributed by atoms with Crippen molar-refractivity contribution in [2.24, 2.45) is 5.92 Å². The molecule has 0 bridgehead atoms. The molecule has 1 saturated heterocycles. The zero-order chi connectivity index (χ0) is 14.2. The fraction of sp³-hybridized carbons (Fsp3) is 0.529. The van der Waals surface area contributed by atoms with Gasteiger partial charge in [0.25, 0.3) is 0 Å². The molecule has 2 heterocycles. The summed E-state index contributed by atoms with van der Waals surface area (Å²) in [4.78, 5) is 3.42. The molecule has 3 nitrogen and oxygen atoms in total. The summed E-state index contributed by atoms with van der Waals surface area (Å²) in [6.07, 6.45) is 4.62. The van der Waals surface area contributed by atoms with Crippen molar-refractivity contribution in [2.45, 2.75) is 24.8 Å². The molecular formula is C17H22N2OS. The lowest BCUT2D eigenvalue weighted by atomic mass is 9.73. The summed E-state index contributed by atoms with van der Waals surface area (Å²) >= 11 is 1.88. The number of nitrogens with one attached hydrogen (secondary N) is 2. The number of H-pyrrole nitrogens is 1. The van der Waals surface area contributed by atoms with Crippen molar-refractivity contribution in [1.82, 2.24) is 10.3 Å². The molecule has 3 N–H and O–H groups in total. The number of rotatable bonds is 4. The van der Waals surface area contributed by atoms with E-state index in [-0.39, 0.29) is 0 Å². The average Bonchev–Trinajstić information content (AvgIpc) is 2.93. The molecule has 1 aromatic carbocycles. The van der Waals surface area contributed by atoms with Gasteiger partial charge in [-0.15, -0.1) is 0 Å². The molecule has 1 unspecified atom stereocenters. The number of aromatic amines is 1. The van der Waals surface area contributed by atoms with Crippen LogP contribution in [0.5, 0.6) is 0 Å².